The quantitative estimate of drug-likeness (QED) is 0.929. The molecule has 1 heterocycles. The lowest BCUT2D eigenvalue weighted by Crippen LogP contribution is -1.94. The summed E-state index contributed by atoms with van der Waals surface area (Å²) in [5, 5.41) is 0.573. The van der Waals surface area contributed by atoms with Crippen LogP contribution in [0, 0.1) is 0 Å². The van der Waals surface area contributed by atoms with Gasteiger partial charge in [0.15, 0.2) is 5.13 Å². The van der Waals surface area contributed by atoms with Crippen molar-refractivity contribution in [3.63, 3.8) is 0 Å². The van der Waals surface area contributed by atoms with Crippen molar-refractivity contribution in [2.45, 2.75) is 19.8 Å². The molecule has 19 heavy (non-hydrogen) atoms. The molecule has 5 heteroatoms. The Morgan fingerprint density at radius 2 is 1.95 bits per heavy atom. The summed E-state index contributed by atoms with van der Waals surface area (Å²) in [6, 6.07) is 5.68. The van der Waals surface area contributed by atoms with Gasteiger partial charge in [-0.3, -0.25) is 0 Å². The summed E-state index contributed by atoms with van der Waals surface area (Å²) in [5.41, 5.74) is 7.65. The largest absolute Gasteiger partial charge is 0.497 e. The molecule has 0 spiro atoms. The molecule has 0 unspecified atom stereocenters. The number of thiazole rings is 1. The van der Waals surface area contributed by atoms with Crippen molar-refractivity contribution in [1.82, 2.24) is 4.98 Å². The molecule has 0 saturated heterocycles. The van der Waals surface area contributed by atoms with Crippen LogP contribution >= 0.6 is 11.3 Å². The van der Waals surface area contributed by atoms with Gasteiger partial charge in [-0.05, 0) is 24.1 Å². The van der Waals surface area contributed by atoms with E-state index in [0.717, 1.165) is 27.6 Å². The highest BCUT2D eigenvalue weighted by Crippen LogP contribution is 2.40. The predicted octanol–water partition coefficient (Wildman–Crippen LogP) is 3.53. The van der Waals surface area contributed by atoms with Crippen molar-refractivity contribution in [2.24, 2.45) is 0 Å². The van der Waals surface area contributed by atoms with Gasteiger partial charge in [0.05, 0.1) is 19.9 Å². The molecule has 2 aromatic rings. The third kappa shape index (κ3) is 2.66. The van der Waals surface area contributed by atoms with E-state index < -0.39 is 0 Å². The number of hydrogen-bond donors (Lipinski definition) is 1. The predicted molar refractivity (Wildman–Crippen MR) is 79.2 cm³/mol. The van der Waals surface area contributed by atoms with Gasteiger partial charge in [-0.1, -0.05) is 13.8 Å². The number of nitrogen functional groups attached to an aromatic ring is 1. The van der Waals surface area contributed by atoms with Gasteiger partial charge < -0.3 is 15.2 Å². The monoisotopic (exact) mass is 278 g/mol. The van der Waals surface area contributed by atoms with E-state index in [1.807, 2.05) is 18.2 Å². The number of methoxy groups -OCH3 is 2. The van der Waals surface area contributed by atoms with Crippen molar-refractivity contribution < 1.29 is 9.47 Å². The van der Waals surface area contributed by atoms with E-state index >= 15 is 0 Å². The van der Waals surface area contributed by atoms with Crippen molar-refractivity contribution in [2.75, 3.05) is 20.0 Å². The van der Waals surface area contributed by atoms with Gasteiger partial charge in [0, 0.05) is 10.4 Å². The highest BCUT2D eigenvalue weighted by atomic mass is 32.1. The fraction of sp³-hybridized carbons (Fsp3) is 0.357. The van der Waals surface area contributed by atoms with E-state index in [1.165, 1.54) is 11.3 Å². The topological polar surface area (TPSA) is 57.4 Å². The van der Waals surface area contributed by atoms with Crippen LogP contribution in [-0.2, 0) is 0 Å². The lowest BCUT2D eigenvalue weighted by atomic mass is 10.0. The number of ether oxygens (including phenoxy) is 2. The molecular formula is C14H18N2O2S. The standard InChI is InChI=1S/C14H18N2O2S/c1-8(2)13-12(16-14(15)19-13)10-7-9(17-3)5-6-11(10)18-4/h5-8H,1-4H3,(H2,15,16). The lowest BCUT2D eigenvalue weighted by Gasteiger charge is -2.11. The minimum atomic E-state index is 0.362. The second-order valence-electron chi connectivity index (χ2n) is 4.49. The molecule has 0 bridgehead atoms. The summed E-state index contributed by atoms with van der Waals surface area (Å²) in [7, 11) is 3.29. The van der Waals surface area contributed by atoms with Gasteiger partial charge >= 0.3 is 0 Å². The van der Waals surface area contributed by atoms with Crippen molar-refractivity contribution in [1.29, 1.82) is 0 Å². The smallest absolute Gasteiger partial charge is 0.180 e. The third-order valence-corrected chi connectivity index (χ3v) is 4.04. The lowest BCUT2D eigenvalue weighted by molar-refractivity contribution is 0.404. The number of nitrogens with two attached hydrogens (primary N) is 1. The summed E-state index contributed by atoms with van der Waals surface area (Å²) >= 11 is 1.52. The summed E-state index contributed by atoms with van der Waals surface area (Å²) < 4.78 is 10.7. The van der Waals surface area contributed by atoms with Crippen molar-refractivity contribution in [3.05, 3.63) is 23.1 Å². The Labute approximate surface area is 117 Å². The minimum absolute atomic E-state index is 0.362. The first-order valence-electron chi connectivity index (χ1n) is 6.05. The van der Waals surface area contributed by atoms with Crippen LogP contribution in [0.25, 0.3) is 11.3 Å². The molecule has 0 aliphatic carbocycles. The number of rotatable bonds is 4. The van der Waals surface area contributed by atoms with Crippen LogP contribution in [0.2, 0.25) is 0 Å². The summed E-state index contributed by atoms with van der Waals surface area (Å²) in [6.45, 7) is 4.26. The van der Waals surface area contributed by atoms with Gasteiger partial charge in [-0.15, -0.1) is 11.3 Å². The fourth-order valence-corrected chi connectivity index (χ4v) is 2.78. The second kappa shape index (κ2) is 5.48. The third-order valence-electron chi connectivity index (χ3n) is 2.86. The van der Waals surface area contributed by atoms with Gasteiger partial charge in [0.25, 0.3) is 0 Å². The van der Waals surface area contributed by atoms with Crippen LogP contribution in [0.5, 0.6) is 11.5 Å². The molecule has 0 radical (unpaired) electrons. The number of benzene rings is 1. The van der Waals surface area contributed by atoms with Crippen LogP contribution in [0.3, 0.4) is 0 Å². The Balaban J connectivity index is 2.62. The molecule has 0 saturated carbocycles. The zero-order valence-corrected chi connectivity index (χ0v) is 12.4. The van der Waals surface area contributed by atoms with E-state index in [9.17, 15) is 0 Å². The van der Waals surface area contributed by atoms with Gasteiger partial charge in [0.1, 0.15) is 11.5 Å². The Hall–Kier alpha value is -1.75. The van der Waals surface area contributed by atoms with Gasteiger partial charge in [0.2, 0.25) is 0 Å². The highest BCUT2D eigenvalue weighted by molar-refractivity contribution is 7.15. The first-order chi connectivity index (χ1) is 9.06. The van der Waals surface area contributed by atoms with Crippen LogP contribution < -0.4 is 15.2 Å². The maximum Gasteiger partial charge on any atom is 0.180 e. The van der Waals surface area contributed by atoms with Crippen LogP contribution in [0.15, 0.2) is 18.2 Å². The van der Waals surface area contributed by atoms with Crippen LogP contribution in [0.1, 0.15) is 24.6 Å². The molecule has 2 rings (SSSR count). The summed E-state index contributed by atoms with van der Waals surface area (Å²) in [5.74, 6) is 1.91. The van der Waals surface area contributed by atoms with Crippen molar-refractivity contribution >= 4 is 16.5 Å². The average molecular weight is 278 g/mol. The zero-order chi connectivity index (χ0) is 14.0. The Kier molecular flexibility index (Phi) is 3.95. The molecule has 102 valence electrons. The molecule has 0 fully saturated rings. The summed E-state index contributed by atoms with van der Waals surface area (Å²) in [6.07, 6.45) is 0. The molecule has 0 amide bonds. The van der Waals surface area contributed by atoms with Gasteiger partial charge in [-0.2, -0.15) is 0 Å². The molecule has 1 aromatic heterocycles. The average Bonchev–Trinajstić information content (AvgIpc) is 2.80. The highest BCUT2D eigenvalue weighted by Gasteiger charge is 2.18. The number of hydrogen-bond acceptors (Lipinski definition) is 5. The Morgan fingerprint density at radius 1 is 1.21 bits per heavy atom. The normalized spacial score (nSPS) is 10.8. The molecular weight excluding hydrogens is 260 g/mol. The minimum Gasteiger partial charge on any atom is -0.497 e. The van der Waals surface area contributed by atoms with Crippen LogP contribution in [-0.4, -0.2) is 19.2 Å². The summed E-state index contributed by atoms with van der Waals surface area (Å²) in [4.78, 5) is 5.60. The SMILES string of the molecule is COc1ccc(OC)c(-c2nc(N)sc2C(C)C)c1. The van der Waals surface area contributed by atoms with Gasteiger partial charge in [-0.25, -0.2) is 4.98 Å². The molecule has 0 aliphatic rings. The van der Waals surface area contributed by atoms with E-state index in [-0.39, 0.29) is 0 Å². The van der Waals surface area contributed by atoms with E-state index in [1.54, 1.807) is 14.2 Å². The molecule has 0 atom stereocenters. The van der Waals surface area contributed by atoms with E-state index in [2.05, 4.69) is 18.8 Å². The number of anilines is 1. The molecule has 4 nitrogen and oxygen atoms in total. The zero-order valence-electron chi connectivity index (χ0n) is 11.6. The molecule has 0 aliphatic heterocycles. The van der Waals surface area contributed by atoms with Crippen LogP contribution in [0.4, 0.5) is 5.13 Å². The maximum atomic E-state index is 5.85. The van der Waals surface area contributed by atoms with E-state index in [0.29, 0.717) is 11.0 Å². The first-order valence-corrected chi connectivity index (χ1v) is 6.87. The first kappa shape index (κ1) is 13.7. The fourth-order valence-electron chi connectivity index (χ4n) is 1.93. The Bertz CT molecular complexity index is 579. The van der Waals surface area contributed by atoms with E-state index in [4.69, 9.17) is 15.2 Å². The number of aromatic nitrogens is 1. The second-order valence-corrected chi connectivity index (χ2v) is 5.55. The molecule has 1 aromatic carbocycles. The Morgan fingerprint density at radius 3 is 2.53 bits per heavy atom. The maximum absolute atomic E-state index is 5.85. The molecule has 2 N–H and O–H groups in total. The van der Waals surface area contributed by atoms with Crippen molar-refractivity contribution in [3.8, 4) is 22.8 Å². The number of nitrogens with zero attached hydrogens (tertiary/aromatic N) is 1.